The SMILES string of the molecule is CCOC(=O)C1CCN(CC(=O)N2C(C)CCCC2C)CC1.O=C(O)C(=O)O. The molecule has 2 rings (SSSR count). The molecular weight excluding hydrogens is 368 g/mol. The van der Waals surface area contributed by atoms with Gasteiger partial charge in [-0.2, -0.15) is 0 Å². The molecule has 2 unspecified atom stereocenters. The number of esters is 1. The van der Waals surface area contributed by atoms with Gasteiger partial charge in [0.05, 0.1) is 19.1 Å². The summed E-state index contributed by atoms with van der Waals surface area (Å²) in [6, 6.07) is 0.710. The van der Waals surface area contributed by atoms with Gasteiger partial charge in [-0.05, 0) is 66.0 Å². The highest BCUT2D eigenvalue weighted by atomic mass is 16.5. The Balaban J connectivity index is 0.000000568. The van der Waals surface area contributed by atoms with Crippen LogP contribution in [0.2, 0.25) is 0 Å². The molecule has 0 aromatic rings. The van der Waals surface area contributed by atoms with Gasteiger partial charge in [0.2, 0.25) is 5.91 Å². The monoisotopic (exact) mass is 400 g/mol. The average Bonchev–Trinajstić information content (AvgIpc) is 2.62. The number of hydrogen-bond acceptors (Lipinski definition) is 6. The van der Waals surface area contributed by atoms with Crippen molar-refractivity contribution in [2.45, 2.75) is 65.0 Å². The second-order valence-electron chi connectivity index (χ2n) is 7.34. The zero-order valence-corrected chi connectivity index (χ0v) is 16.9. The van der Waals surface area contributed by atoms with Crippen LogP contribution in [0.25, 0.3) is 0 Å². The smallest absolute Gasteiger partial charge is 0.414 e. The minimum absolute atomic E-state index is 0.0131. The first-order chi connectivity index (χ1) is 13.2. The summed E-state index contributed by atoms with van der Waals surface area (Å²) >= 11 is 0. The van der Waals surface area contributed by atoms with E-state index in [1.54, 1.807) is 0 Å². The Hall–Kier alpha value is -2.16. The van der Waals surface area contributed by atoms with Crippen molar-refractivity contribution in [1.29, 1.82) is 0 Å². The van der Waals surface area contributed by atoms with E-state index in [0.29, 0.717) is 25.2 Å². The molecule has 2 heterocycles. The van der Waals surface area contributed by atoms with Gasteiger partial charge in [0, 0.05) is 12.1 Å². The predicted molar refractivity (Wildman–Crippen MR) is 101 cm³/mol. The van der Waals surface area contributed by atoms with Crippen LogP contribution in [0.3, 0.4) is 0 Å². The first-order valence-corrected chi connectivity index (χ1v) is 9.83. The molecule has 0 radical (unpaired) electrons. The maximum absolute atomic E-state index is 12.6. The van der Waals surface area contributed by atoms with Gasteiger partial charge in [-0.25, -0.2) is 9.59 Å². The molecule has 160 valence electrons. The van der Waals surface area contributed by atoms with E-state index in [4.69, 9.17) is 24.5 Å². The van der Waals surface area contributed by atoms with Crippen molar-refractivity contribution in [3.8, 4) is 0 Å². The molecule has 28 heavy (non-hydrogen) atoms. The van der Waals surface area contributed by atoms with Gasteiger partial charge < -0.3 is 19.8 Å². The van der Waals surface area contributed by atoms with Crippen LogP contribution in [-0.2, 0) is 23.9 Å². The van der Waals surface area contributed by atoms with E-state index in [0.717, 1.165) is 38.8 Å². The van der Waals surface area contributed by atoms with Crippen molar-refractivity contribution in [3.05, 3.63) is 0 Å². The average molecular weight is 400 g/mol. The molecule has 9 nitrogen and oxygen atoms in total. The third-order valence-corrected chi connectivity index (χ3v) is 5.23. The number of hydrogen-bond donors (Lipinski definition) is 2. The van der Waals surface area contributed by atoms with Gasteiger partial charge in [0.25, 0.3) is 0 Å². The fraction of sp³-hybridized carbons (Fsp3) is 0.789. The standard InChI is InChI=1S/C17H30N2O3.C2H2O4/c1-4-22-17(21)15-8-10-18(11-9-15)12-16(20)19-13(2)6-5-7-14(19)3;3-1(4)2(5)6/h13-15H,4-12H2,1-3H3;(H,3,4)(H,5,6). The minimum atomic E-state index is -1.82. The molecule has 0 aromatic heterocycles. The van der Waals surface area contributed by atoms with Crippen LogP contribution in [0.4, 0.5) is 0 Å². The highest BCUT2D eigenvalue weighted by molar-refractivity contribution is 6.27. The van der Waals surface area contributed by atoms with Crippen LogP contribution < -0.4 is 0 Å². The number of aliphatic carboxylic acids is 2. The number of rotatable bonds is 4. The van der Waals surface area contributed by atoms with Crippen LogP contribution in [-0.4, -0.2) is 82.2 Å². The van der Waals surface area contributed by atoms with Gasteiger partial charge in [0.15, 0.2) is 0 Å². The van der Waals surface area contributed by atoms with E-state index in [-0.39, 0.29) is 17.8 Å². The van der Waals surface area contributed by atoms with E-state index in [9.17, 15) is 9.59 Å². The van der Waals surface area contributed by atoms with Crippen LogP contribution in [0.15, 0.2) is 0 Å². The van der Waals surface area contributed by atoms with Crippen molar-refractivity contribution < 1.29 is 34.1 Å². The summed E-state index contributed by atoms with van der Waals surface area (Å²) in [5.74, 6) is -3.47. The largest absolute Gasteiger partial charge is 0.473 e. The summed E-state index contributed by atoms with van der Waals surface area (Å²) in [6.07, 6.45) is 5.05. The molecular formula is C19H32N2O7. The Labute approximate surface area is 165 Å². The molecule has 1 amide bonds. The van der Waals surface area contributed by atoms with Crippen molar-refractivity contribution in [3.63, 3.8) is 0 Å². The van der Waals surface area contributed by atoms with Gasteiger partial charge in [-0.15, -0.1) is 0 Å². The summed E-state index contributed by atoms with van der Waals surface area (Å²) < 4.78 is 5.09. The minimum Gasteiger partial charge on any atom is -0.473 e. The number of carbonyl (C=O) groups is 4. The number of piperidine rings is 2. The molecule has 0 aliphatic carbocycles. The Morgan fingerprint density at radius 3 is 1.86 bits per heavy atom. The lowest BCUT2D eigenvalue weighted by Gasteiger charge is -2.40. The fourth-order valence-corrected chi connectivity index (χ4v) is 3.77. The maximum Gasteiger partial charge on any atom is 0.414 e. The molecule has 9 heteroatoms. The number of carboxylic acid groups (broad SMARTS) is 2. The number of likely N-dealkylation sites (tertiary alicyclic amines) is 2. The van der Waals surface area contributed by atoms with E-state index in [1.165, 1.54) is 6.42 Å². The Kier molecular flexibility index (Phi) is 9.92. The summed E-state index contributed by atoms with van der Waals surface area (Å²) in [5, 5.41) is 14.8. The van der Waals surface area contributed by atoms with E-state index >= 15 is 0 Å². The summed E-state index contributed by atoms with van der Waals surface area (Å²) in [4.78, 5) is 46.8. The number of nitrogens with zero attached hydrogens (tertiary/aromatic N) is 2. The lowest BCUT2D eigenvalue weighted by Crippen LogP contribution is -2.52. The molecule has 2 saturated heterocycles. The number of ether oxygens (including phenoxy) is 1. The second kappa shape index (κ2) is 11.6. The molecule has 2 aliphatic rings. The van der Waals surface area contributed by atoms with Crippen molar-refractivity contribution in [2.75, 3.05) is 26.2 Å². The van der Waals surface area contributed by atoms with Gasteiger partial charge in [0.1, 0.15) is 0 Å². The fourth-order valence-electron chi connectivity index (χ4n) is 3.77. The first-order valence-electron chi connectivity index (χ1n) is 9.83. The van der Waals surface area contributed by atoms with Crippen molar-refractivity contribution in [2.24, 2.45) is 5.92 Å². The van der Waals surface area contributed by atoms with Gasteiger partial charge in [-0.1, -0.05) is 0 Å². The maximum atomic E-state index is 12.6. The zero-order chi connectivity index (χ0) is 21.3. The lowest BCUT2D eigenvalue weighted by atomic mass is 9.96. The molecule has 0 bridgehead atoms. The third kappa shape index (κ3) is 7.46. The molecule has 2 aliphatic heterocycles. The molecule has 2 atom stereocenters. The zero-order valence-electron chi connectivity index (χ0n) is 16.9. The van der Waals surface area contributed by atoms with Crippen molar-refractivity contribution >= 4 is 23.8 Å². The normalized spacial score (nSPS) is 23.3. The van der Waals surface area contributed by atoms with Gasteiger partial charge in [-0.3, -0.25) is 14.5 Å². The predicted octanol–water partition coefficient (Wildman–Crippen LogP) is 1.21. The summed E-state index contributed by atoms with van der Waals surface area (Å²) in [6.45, 7) is 8.71. The highest BCUT2D eigenvalue weighted by Crippen LogP contribution is 2.24. The topological polar surface area (TPSA) is 124 Å². The number of carbonyl (C=O) groups excluding carboxylic acids is 2. The van der Waals surface area contributed by atoms with E-state index in [2.05, 4.69) is 23.6 Å². The highest BCUT2D eigenvalue weighted by Gasteiger charge is 2.32. The molecule has 0 spiro atoms. The number of amides is 1. The lowest BCUT2D eigenvalue weighted by molar-refractivity contribution is -0.159. The van der Waals surface area contributed by atoms with Crippen LogP contribution in [0.1, 0.15) is 52.9 Å². The first kappa shape index (κ1) is 23.9. The second-order valence-corrected chi connectivity index (χ2v) is 7.34. The summed E-state index contributed by atoms with van der Waals surface area (Å²) in [7, 11) is 0. The van der Waals surface area contributed by atoms with E-state index < -0.39 is 11.9 Å². The molecule has 0 aromatic carbocycles. The number of carboxylic acids is 2. The molecule has 0 saturated carbocycles. The van der Waals surface area contributed by atoms with Crippen LogP contribution in [0, 0.1) is 5.92 Å². The van der Waals surface area contributed by atoms with Crippen molar-refractivity contribution in [1.82, 2.24) is 9.80 Å². The Morgan fingerprint density at radius 1 is 0.929 bits per heavy atom. The van der Waals surface area contributed by atoms with Crippen LogP contribution in [0.5, 0.6) is 0 Å². The Bertz CT molecular complexity index is 536. The third-order valence-electron chi connectivity index (χ3n) is 5.23. The quantitative estimate of drug-likeness (QED) is 0.533. The molecule has 2 fully saturated rings. The van der Waals surface area contributed by atoms with Crippen LogP contribution >= 0.6 is 0 Å². The molecule has 2 N–H and O–H groups in total. The summed E-state index contributed by atoms with van der Waals surface area (Å²) in [5.41, 5.74) is 0. The van der Waals surface area contributed by atoms with Gasteiger partial charge >= 0.3 is 17.9 Å². The Morgan fingerprint density at radius 2 is 1.43 bits per heavy atom. The van der Waals surface area contributed by atoms with E-state index in [1.807, 2.05) is 6.92 Å².